The highest BCUT2D eigenvalue weighted by Gasteiger charge is 2.59. The van der Waals surface area contributed by atoms with Crippen LogP contribution in [0.2, 0.25) is 0 Å². The fourth-order valence-electron chi connectivity index (χ4n) is 15.2. The van der Waals surface area contributed by atoms with E-state index in [1.807, 2.05) is 0 Å². The Morgan fingerprint density at radius 3 is 1.06 bits per heavy atom. The summed E-state index contributed by atoms with van der Waals surface area (Å²) in [6.45, 7) is 11.7. The summed E-state index contributed by atoms with van der Waals surface area (Å²) >= 11 is 0. The van der Waals surface area contributed by atoms with Crippen molar-refractivity contribution in [2.45, 2.75) is 499 Å². The molecule has 0 aromatic carbocycles. The maximum Gasteiger partial charge on any atom is 0.470 e. The Labute approximate surface area is 689 Å². The van der Waals surface area contributed by atoms with Crippen LogP contribution in [0.1, 0.15) is 408 Å². The van der Waals surface area contributed by atoms with Gasteiger partial charge in [0.15, 0.2) is 24.5 Å². The van der Waals surface area contributed by atoms with Gasteiger partial charge in [0.25, 0.3) is 0 Å². The molecule has 0 aliphatic carbocycles. The maximum absolute atomic E-state index is 15.2. The molecular formula is C87H159N2O25P. The standard InChI is InChI=1S/C87H159N2O25P/c1-7-13-19-25-31-34-40-43-49-55-65(108-71(92)58-52-46-37-28-22-16-10-4)61-69(90)88-68(85(100)101)64-107-87-75(89-70(91)62-66(56-50-44-41-35-32-26-20-14-8-2)109-72(93)59-53-47-38-29-23-17-11-5)80(84(114-115(104,105)106)82(113-87)79(99)81-77(97)76(96)78(98)83(112-81)86(102)103)111-74(95)63-67(57-51-45-42-36-33-27-21-15-9-3)110-73(94)60-54-48-39-30-24-18-12-6/h65-68,75-84,87,96-99H,7-64H2,1-6H3,(H,88,90)(H,89,91)(H,100,101)(H,102,103)(H2,104,105,106)/t65-,66-,67-,68+,75-,76-,77-,78+,79?,80-,81-,82-,83+,84+,87-/m1/s1. The van der Waals surface area contributed by atoms with Crippen LogP contribution in [0, 0.1) is 0 Å². The summed E-state index contributed by atoms with van der Waals surface area (Å²) in [5.41, 5.74) is 0. The second kappa shape index (κ2) is 67.3. The number of aliphatic carboxylic acids is 2. The largest absolute Gasteiger partial charge is 0.480 e. The number of phosphoric acid groups is 1. The van der Waals surface area contributed by atoms with Gasteiger partial charge in [-0.15, -0.1) is 0 Å². The number of hydrogen-bond donors (Lipinski definition) is 10. The topological polar surface area (TPSA) is 413 Å². The smallest absolute Gasteiger partial charge is 0.470 e. The first-order valence-corrected chi connectivity index (χ1v) is 47.1. The average molecular weight is 1660 g/mol. The second-order valence-electron chi connectivity index (χ2n) is 32.6. The van der Waals surface area contributed by atoms with Gasteiger partial charge in [0, 0.05) is 19.3 Å². The van der Waals surface area contributed by atoms with E-state index in [2.05, 4.69) is 52.2 Å². The maximum atomic E-state index is 15.2. The summed E-state index contributed by atoms with van der Waals surface area (Å²) in [7, 11) is -5.98. The Morgan fingerprint density at radius 2 is 0.722 bits per heavy atom. The number of carboxylic acids is 2. The Hall–Kier alpha value is -4.41. The minimum absolute atomic E-state index is 0.0184. The lowest BCUT2D eigenvalue weighted by Crippen LogP contribution is -2.71. The molecule has 27 nitrogen and oxygen atoms in total. The van der Waals surface area contributed by atoms with Crippen molar-refractivity contribution in [2.75, 3.05) is 6.61 Å². The molecule has 115 heavy (non-hydrogen) atoms. The van der Waals surface area contributed by atoms with Gasteiger partial charge in [-0.2, -0.15) is 0 Å². The third-order valence-corrected chi connectivity index (χ3v) is 22.5. The molecule has 0 aromatic heterocycles. The zero-order chi connectivity index (χ0) is 84.9. The zero-order valence-corrected chi connectivity index (χ0v) is 72.5. The van der Waals surface area contributed by atoms with E-state index in [1.54, 1.807) is 0 Å². The number of aliphatic hydroxyl groups excluding tert-OH is 4. The molecule has 2 saturated heterocycles. The molecule has 2 aliphatic rings. The number of phosphoric ester groups is 1. The number of aliphatic hydroxyl groups is 4. The number of hydrogen-bond acceptors (Lipinski definition) is 21. The van der Waals surface area contributed by atoms with Crippen molar-refractivity contribution in [2.24, 2.45) is 0 Å². The highest BCUT2D eigenvalue weighted by atomic mass is 31.2. The first kappa shape index (κ1) is 107. The van der Waals surface area contributed by atoms with Gasteiger partial charge < -0.3 is 84.2 Å². The van der Waals surface area contributed by atoms with Gasteiger partial charge >= 0.3 is 43.6 Å². The number of carbonyl (C=O) groups is 8. The highest BCUT2D eigenvalue weighted by Crippen LogP contribution is 2.44. The van der Waals surface area contributed by atoms with Gasteiger partial charge in [0.05, 0.1) is 25.9 Å². The summed E-state index contributed by atoms with van der Waals surface area (Å²) in [5, 5.41) is 72.2. The summed E-state index contributed by atoms with van der Waals surface area (Å²) in [5.74, 6) is -8.38. The second-order valence-corrected chi connectivity index (χ2v) is 33.8. The lowest BCUT2D eigenvalue weighted by Gasteiger charge is -2.49. The fourth-order valence-corrected chi connectivity index (χ4v) is 15.7. The van der Waals surface area contributed by atoms with E-state index in [9.17, 15) is 73.8 Å². The molecule has 2 aliphatic heterocycles. The Bertz CT molecular complexity index is 2600. The number of rotatable bonds is 75. The minimum Gasteiger partial charge on any atom is -0.480 e. The molecule has 2 fully saturated rings. The molecule has 0 saturated carbocycles. The first-order valence-electron chi connectivity index (χ1n) is 45.6. The number of unbranched alkanes of at least 4 members (excludes halogenated alkanes) is 42. The first-order chi connectivity index (χ1) is 55.3. The molecule has 672 valence electrons. The van der Waals surface area contributed by atoms with Crippen LogP contribution < -0.4 is 10.6 Å². The van der Waals surface area contributed by atoms with Crippen LogP contribution in [0.5, 0.6) is 0 Å². The van der Waals surface area contributed by atoms with E-state index < -0.39 is 173 Å². The predicted octanol–water partition coefficient (Wildman–Crippen LogP) is 16.6. The Kier molecular flexibility index (Phi) is 62.4. The van der Waals surface area contributed by atoms with Gasteiger partial charge in [-0.3, -0.25) is 33.3 Å². The number of ether oxygens (including phenoxy) is 7. The van der Waals surface area contributed by atoms with Gasteiger partial charge in [-0.25, -0.2) is 14.2 Å². The number of nitrogens with one attached hydrogen (secondary N) is 2. The van der Waals surface area contributed by atoms with E-state index in [-0.39, 0.29) is 38.5 Å². The molecular weight excluding hydrogens is 1500 g/mol. The van der Waals surface area contributed by atoms with Crippen LogP contribution in [0.4, 0.5) is 0 Å². The average Bonchev–Trinajstić information content (AvgIpc) is 0.757. The van der Waals surface area contributed by atoms with E-state index in [1.165, 1.54) is 0 Å². The minimum atomic E-state index is -5.98. The van der Waals surface area contributed by atoms with Crippen molar-refractivity contribution >= 4 is 55.5 Å². The van der Waals surface area contributed by atoms with Gasteiger partial charge in [-0.05, 0) is 57.8 Å². The lowest BCUT2D eigenvalue weighted by atomic mass is 9.86. The molecule has 15 atom stereocenters. The van der Waals surface area contributed by atoms with E-state index in [4.69, 9.17) is 37.7 Å². The summed E-state index contributed by atoms with van der Waals surface area (Å²) in [6, 6.07) is -4.13. The van der Waals surface area contributed by atoms with Crippen molar-refractivity contribution in [3.8, 4) is 0 Å². The monoisotopic (exact) mass is 1660 g/mol. The molecule has 2 rings (SSSR count). The molecule has 10 N–H and O–H groups in total. The molecule has 0 aromatic rings. The molecule has 2 amide bonds. The molecule has 0 radical (unpaired) electrons. The zero-order valence-electron chi connectivity index (χ0n) is 71.6. The molecule has 1 unspecified atom stereocenters. The summed E-state index contributed by atoms with van der Waals surface area (Å²) in [6.07, 6.45) is 16.8. The van der Waals surface area contributed by atoms with Crippen molar-refractivity contribution in [1.82, 2.24) is 10.6 Å². The highest BCUT2D eigenvalue weighted by molar-refractivity contribution is 7.46. The van der Waals surface area contributed by atoms with Crippen LogP contribution in [0.25, 0.3) is 0 Å². The lowest BCUT2D eigenvalue weighted by molar-refractivity contribution is -0.307. The van der Waals surface area contributed by atoms with E-state index in [0.29, 0.717) is 44.9 Å². The molecule has 28 heteroatoms. The van der Waals surface area contributed by atoms with Crippen LogP contribution in [0.3, 0.4) is 0 Å². The van der Waals surface area contributed by atoms with Crippen molar-refractivity contribution in [3.05, 3.63) is 0 Å². The third-order valence-electron chi connectivity index (χ3n) is 22.0. The number of esters is 4. The number of amides is 2. The SMILES string of the molecule is CCCCCCCCCCC[C@H](CC(=O)N[C@H]1[C@H](OC[C@H](NC(=O)C[C@@H](CCCCCCCCCCC)OC(=O)CCCCCCCCC)C(=O)O)O[C@H](C(O)[C@@H]2O[C@H](C(=O)O)[C@@H](O)[C@H](O)[C@H]2O)[C@@H](OP(=O)(O)O)[C@@H]1OC(=O)C[C@@H](CCCCCCCCCCC)OC(=O)CCCCCCCCC)OC(=O)CCCCCCCCC. The molecule has 0 bridgehead atoms. The predicted molar refractivity (Wildman–Crippen MR) is 440 cm³/mol. The van der Waals surface area contributed by atoms with Gasteiger partial charge in [0.1, 0.15) is 67.1 Å². The van der Waals surface area contributed by atoms with Gasteiger partial charge in [-0.1, -0.05) is 311 Å². The normalized spacial score (nSPS) is 21.0. The van der Waals surface area contributed by atoms with Gasteiger partial charge in [0.2, 0.25) is 11.8 Å². The Morgan fingerprint density at radius 1 is 0.391 bits per heavy atom. The molecule has 2 heterocycles. The fraction of sp³-hybridized carbons (Fsp3) is 0.908. The Balaban J connectivity index is 2.95. The molecule has 0 spiro atoms. The summed E-state index contributed by atoms with van der Waals surface area (Å²) in [4.78, 5) is 133. The van der Waals surface area contributed by atoms with Crippen LogP contribution >= 0.6 is 7.82 Å². The third kappa shape index (κ3) is 51.1. The van der Waals surface area contributed by atoms with Crippen LogP contribution in [-0.2, 0) is 80.6 Å². The van der Waals surface area contributed by atoms with Crippen molar-refractivity contribution in [1.29, 1.82) is 0 Å². The van der Waals surface area contributed by atoms with Crippen LogP contribution in [0.15, 0.2) is 0 Å². The van der Waals surface area contributed by atoms with Crippen molar-refractivity contribution < 1.29 is 121 Å². The van der Waals surface area contributed by atoms with Crippen molar-refractivity contribution in [3.63, 3.8) is 0 Å². The summed E-state index contributed by atoms with van der Waals surface area (Å²) < 4.78 is 61.4. The quantitative estimate of drug-likeness (QED) is 0.0117. The van der Waals surface area contributed by atoms with E-state index in [0.717, 1.165) is 263 Å². The number of carboxylic acid groups (broad SMARTS) is 2. The van der Waals surface area contributed by atoms with Crippen LogP contribution in [-0.4, -0.2) is 186 Å². The number of carbonyl (C=O) groups excluding carboxylic acids is 6. The van der Waals surface area contributed by atoms with E-state index >= 15 is 9.59 Å².